The van der Waals surface area contributed by atoms with Crippen LogP contribution < -0.4 is 25.0 Å². The Morgan fingerprint density at radius 3 is 2.46 bits per heavy atom. The normalized spacial score (nSPS) is 14.2. The van der Waals surface area contributed by atoms with Gasteiger partial charge >= 0.3 is 0 Å². The largest absolute Gasteiger partial charge is 0.454 e. The van der Waals surface area contributed by atoms with Crippen LogP contribution in [-0.4, -0.2) is 43.8 Å². The van der Waals surface area contributed by atoms with E-state index in [-0.39, 0.29) is 37.2 Å². The molecule has 0 saturated heterocycles. The van der Waals surface area contributed by atoms with Crippen LogP contribution in [0.15, 0.2) is 18.2 Å². The van der Waals surface area contributed by atoms with E-state index in [4.69, 9.17) is 9.47 Å². The maximum Gasteiger partial charge on any atom is 0.279 e. The van der Waals surface area contributed by atoms with Crippen molar-refractivity contribution in [1.29, 1.82) is 0 Å². The Balaban J connectivity index is 1.86. The van der Waals surface area contributed by atoms with E-state index in [0.29, 0.717) is 23.7 Å². The monoisotopic (exact) mass is 336 g/mol. The van der Waals surface area contributed by atoms with Gasteiger partial charge in [-0.3, -0.25) is 9.59 Å². The Hall–Kier alpha value is -2.28. The molecule has 1 aliphatic heterocycles. The number of benzene rings is 1. The molecule has 7 heteroatoms. The molecule has 24 heavy (non-hydrogen) atoms. The molecule has 7 nitrogen and oxygen atoms in total. The van der Waals surface area contributed by atoms with E-state index in [0.717, 1.165) is 4.90 Å². The van der Waals surface area contributed by atoms with E-state index in [2.05, 4.69) is 10.6 Å². The van der Waals surface area contributed by atoms with Crippen LogP contribution in [0.3, 0.4) is 0 Å². The summed E-state index contributed by atoms with van der Waals surface area (Å²) in [5.41, 5.74) is 0.379. The smallest absolute Gasteiger partial charge is 0.279 e. The van der Waals surface area contributed by atoms with Gasteiger partial charge in [-0.05, 0) is 39.8 Å². The minimum absolute atomic E-state index is 0.0600. The van der Waals surface area contributed by atoms with Gasteiger partial charge in [0.15, 0.2) is 24.6 Å². The third kappa shape index (κ3) is 5.42. The molecule has 0 saturated carbocycles. The minimum Gasteiger partial charge on any atom is -0.454 e. The summed E-state index contributed by atoms with van der Waals surface area (Å²) in [4.78, 5) is 25.1. The fourth-order valence-corrected chi connectivity index (χ4v) is 2.41. The SMILES string of the molecule is CC[NH+](CC(=O)Nc1ccc2c(c1)OCO2)CC(=O)NC(C)(C)C. The van der Waals surface area contributed by atoms with Gasteiger partial charge in [0.25, 0.3) is 11.8 Å². The van der Waals surface area contributed by atoms with Gasteiger partial charge in [0.05, 0.1) is 6.54 Å². The number of hydrogen-bond acceptors (Lipinski definition) is 4. The summed E-state index contributed by atoms with van der Waals surface area (Å²) < 4.78 is 10.5. The van der Waals surface area contributed by atoms with Gasteiger partial charge in [0.2, 0.25) is 6.79 Å². The van der Waals surface area contributed by atoms with E-state index in [9.17, 15) is 9.59 Å². The molecule has 1 heterocycles. The number of rotatable bonds is 6. The second-order valence-corrected chi connectivity index (χ2v) is 6.87. The number of carbonyl (C=O) groups excluding carboxylic acids is 2. The van der Waals surface area contributed by atoms with Crippen molar-refractivity contribution in [2.75, 3.05) is 31.7 Å². The average Bonchev–Trinajstić information content (AvgIpc) is 2.91. The quantitative estimate of drug-likeness (QED) is 0.692. The fourth-order valence-electron chi connectivity index (χ4n) is 2.41. The third-order valence-corrected chi connectivity index (χ3v) is 3.49. The van der Waals surface area contributed by atoms with Crippen molar-refractivity contribution < 1.29 is 24.0 Å². The summed E-state index contributed by atoms with van der Waals surface area (Å²) >= 11 is 0. The molecule has 0 radical (unpaired) electrons. The maximum absolute atomic E-state index is 12.2. The molecule has 0 spiro atoms. The molecule has 0 aliphatic carbocycles. The van der Waals surface area contributed by atoms with Crippen LogP contribution in [0.5, 0.6) is 11.5 Å². The predicted octanol–water partition coefficient (Wildman–Crippen LogP) is 0.173. The summed E-state index contributed by atoms with van der Waals surface area (Å²) in [6, 6.07) is 5.26. The van der Waals surface area contributed by atoms with Crippen molar-refractivity contribution in [1.82, 2.24) is 5.32 Å². The van der Waals surface area contributed by atoms with Crippen molar-refractivity contribution in [2.45, 2.75) is 33.2 Å². The Labute approximate surface area is 142 Å². The summed E-state index contributed by atoms with van der Waals surface area (Å²) in [7, 11) is 0. The molecule has 2 amide bonds. The average molecular weight is 336 g/mol. The summed E-state index contributed by atoms with van der Waals surface area (Å²) in [6.45, 7) is 9.13. The highest BCUT2D eigenvalue weighted by Crippen LogP contribution is 2.34. The highest BCUT2D eigenvalue weighted by molar-refractivity contribution is 5.92. The minimum atomic E-state index is -0.273. The Morgan fingerprint density at radius 1 is 1.12 bits per heavy atom. The van der Waals surface area contributed by atoms with Crippen LogP contribution in [0.1, 0.15) is 27.7 Å². The van der Waals surface area contributed by atoms with Crippen molar-refractivity contribution in [3.63, 3.8) is 0 Å². The van der Waals surface area contributed by atoms with Gasteiger partial charge in [-0.25, -0.2) is 0 Å². The molecule has 0 bridgehead atoms. The van der Waals surface area contributed by atoms with E-state index in [1.807, 2.05) is 27.7 Å². The molecule has 1 aromatic rings. The Morgan fingerprint density at radius 2 is 1.79 bits per heavy atom. The van der Waals surface area contributed by atoms with Crippen LogP contribution in [0.4, 0.5) is 5.69 Å². The number of amides is 2. The molecule has 1 atom stereocenters. The van der Waals surface area contributed by atoms with Gasteiger partial charge < -0.3 is 25.0 Å². The number of ether oxygens (including phenoxy) is 2. The molecular formula is C17H26N3O4+. The maximum atomic E-state index is 12.2. The lowest BCUT2D eigenvalue weighted by atomic mass is 10.1. The van der Waals surface area contributed by atoms with Crippen molar-refractivity contribution in [3.05, 3.63) is 18.2 Å². The molecule has 0 fully saturated rings. The van der Waals surface area contributed by atoms with E-state index >= 15 is 0 Å². The molecule has 1 aliphatic rings. The second kappa shape index (κ2) is 7.53. The zero-order valence-corrected chi connectivity index (χ0v) is 14.7. The molecule has 132 valence electrons. The topological polar surface area (TPSA) is 81.1 Å². The molecular weight excluding hydrogens is 310 g/mol. The standard InChI is InChI=1S/C17H25N3O4/c1-5-20(10-16(22)19-17(2,3)4)9-15(21)18-12-6-7-13-14(8-12)24-11-23-13/h6-8H,5,9-11H2,1-4H3,(H,18,21)(H,19,22)/p+1. The summed E-state index contributed by atoms with van der Waals surface area (Å²) in [5, 5.41) is 5.74. The van der Waals surface area contributed by atoms with Crippen LogP contribution in [0.2, 0.25) is 0 Å². The lowest BCUT2D eigenvalue weighted by Crippen LogP contribution is -3.14. The second-order valence-electron chi connectivity index (χ2n) is 6.87. The highest BCUT2D eigenvalue weighted by atomic mass is 16.7. The number of hydrogen-bond donors (Lipinski definition) is 3. The van der Waals surface area contributed by atoms with Crippen molar-refractivity contribution >= 4 is 17.5 Å². The molecule has 2 rings (SSSR count). The fraction of sp³-hybridized carbons (Fsp3) is 0.529. The van der Waals surface area contributed by atoms with Crippen molar-refractivity contribution in [2.24, 2.45) is 0 Å². The van der Waals surface area contributed by atoms with Gasteiger partial charge in [-0.1, -0.05) is 0 Å². The van der Waals surface area contributed by atoms with Gasteiger partial charge in [-0.2, -0.15) is 0 Å². The zero-order valence-electron chi connectivity index (χ0n) is 14.7. The summed E-state index contributed by atoms with van der Waals surface area (Å²) in [5.74, 6) is 1.09. The highest BCUT2D eigenvalue weighted by Gasteiger charge is 2.21. The Bertz CT molecular complexity index is 610. The van der Waals surface area contributed by atoms with Crippen LogP contribution in [0, 0.1) is 0 Å². The van der Waals surface area contributed by atoms with Gasteiger partial charge in [-0.15, -0.1) is 0 Å². The van der Waals surface area contributed by atoms with Crippen LogP contribution in [-0.2, 0) is 9.59 Å². The first-order chi connectivity index (χ1) is 11.3. The van der Waals surface area contributed by atoms with Crippen LogP contribution >= 0.6 is 0 Å². The molecule has 1 aromatic carbocycles. The van der Waals surface area contributed by atoms with E-state index in [1.54, 1.807) is 18.2 Å². The number of anilines is 1. The van der Waals surface area contributed by atoms with Gasteiger partial charge in [0.1, 0.15) is 0 Å². The predicted molar refractivity (Wildman–Crippen MR) is 90.3 cm³/mol. The number of quaternary nitrogens is 1. The number of carbonyl (C=O) groups is 2. The molecule has 0 aromatic heterocycles. The lowest BCUT2D eigenvalue weighted by molar-refractivity contribution is -0.881. The van der Waals surface area contributed by atoms with Crippen molar-refractivity contribution in [3.8, 4) is 11.5 Å². The number of fused-ring (bicyclic) bond motifs is 1. The number of nitrogens with one attached hydrogen (secondary N) is 3. The first-order valence-electron chi connectivity index (χ1n) is 8.11. The van der Waals surface area contributed by atoms with Crippen LogP contribution in [0.25, 0.3) is 0 Å². The zero-order chi connectivity index (χ0) is 17.7. The molecule has 1 unspecified atom stereocenters. The third-order valence-electron chi connectivity index (χ3n) is 3.49. The summed E-state index contributed by atoms with van der Waals surface area (Å²) in [6.07, 6.45) is 0. The first-order valence-corrected chi connectivity index (χ1v) is 8.11. The Kier molecular flexibility index (Phi) is 5.66. The lowest BCUT2D eigenvalue weighted by Gasteiger charge is -2.23. The van der Waals surface area contributed by atoms with E-state index < -0.39 is 0 Å². The van der Waals surface area contributed by atoms with Gasteiger partial charge in [0, 0.05) is 17.3 Å². The number of likely N-dealkylation sites (N-methyl/N-ethyl adjacent to an activating group) is 1. The first kappa shape index (κ1) is 18.1. The molecule has 3 N–H and O–H groups in total. The van der Waals surface area contributed by atoms with E-state index in [1.165, 1.54) is 0 Å².